The molecule has 0 radical (unpaired) electrons. The zero-order valence-electron chi connectivity index (χ0n) is 17.5. The Kier molecular flexibility index (Phi) is 5.44. The van der Waals surface area contributed by atoms with Crippen LogP contribution in [0.1, 0.15) is 37.4 Å². The van der Waals surface area contributed by atoms with Gasteiger partial charge < -0.3 is 44.6 Å². The number of hydrogen-bond acceptors (Lipinski definition) is 9. The average molecular weight is 428 g/mol. The van der Waals surface area contributed by atoms with Crippen molar-refractivity contribution in [1.82, 2.24) is 0 Å². The summed E-state index contributed by atoms with van der Waals surface area (Å²) in [6.07, 6.45) is -2.91. The van der Waals surface area contributed by atoms with Gasteiger partial charge in [-0.2, -0.15) is 0 Å². The number of methoxy groups -OCH3 is 1. The van der Waals surface area contributed by atoms with Gasteiger partial charge in [0, 0.05) is 12.0 Å². The van der Waals surface area contributed by atoms with Gasteiger partial charge in [-0.3, -0.25) is 4.79 Å². The van der Waals surface area contributed by atoms with Crippen molar-refractivity contribution in [2.45, 2.75) is 50.3 Å². The summed E-state index contributed by atoms with van der Waals surface area (Å²) in [5, 5.41) is 60.4. The second kappa shape index (κ2) is 7.13. The number of hydrogen-bond donors (Lipinski definition) is 6. The first-order valence-electron chi connectivity index (χ1n) is 9.76. The molecule has 3 atom stereocenters. The van der Waals surface area contributed by atoms with E-state index in [2.05, 4.69) is 0 Å². The van der Waals surface area contributed by atoms with Crippen LogP contribution in [0.5, 0.6) is 11.5 Å². The highest BCUT2D eigenvalue weighted by atomic mass is 16.9. The predicted molar refractivity (Wildman–Crippen MR) is 102 cm³/mol. The Balaban J connectivity index is 2.12. The van der Waals surface area contributed by atoms with Gasteiger partial charge in [0.1, 0.15) is 6.54 Å². The zero-order valence-corrected chi connectivity index (χ0v) is 17.5. The van der Waals surface area contributed by atoms with Crippen LogP contribution >= 0.6 is 0 Å². The SMILES string of the molecule is COc1cc2c(cc1OC(O)(O)O)CC[N+]1(C)CC(O)(CC(C)C)C(=O)C(O)(O)C21. The van der Waals surface area contributed by atoms with Gasteiger partial charge in [0.2, 0.25) is 5.78 Å². The van der Waals surface area contributed by atoms with Crippen LogP contribution in [-0.2, 0) is 11.2 Å². The summed E-state index contributed by atoms with van der Waals surface area (Å²) < 4.78 is 9.92. The smallest absolute Gasteiger partial charge is 0.453 e. The van der Waals surface area contributed by atoms with Gasteiger partial charge in [-0.05, 0) is 30.0 Å². The maximum absolute atomic E-state index is 13.0. The minimum Gasteiger partial charge on any atom is -0.493 e. The van der Waals surface area contributed by atoms with Crippen LogP contribution in [0.15, 0.2) is 12.1 Å². The van der Waals surface area contributed by atoms with E-state index in [-0.39, 0.29) is 34.9 Å². The molecule has 10 heteroatoms. The maximum atomic E-state index is 13.0. The Hall–Kier alpha value is -1.79. The fourth-order valence-corrected chi connectivity index (χ4v) is 5.11. The predicted octanol–water partition coefficient (Wildman–Crippen LogP) is -1.25. The van der Waals surface area contributed by atoms with E-state index in [9.17, 15) is 20.1 Å². The third kappa shape index (κ3) is 3.80. The molecule has 0 bridgehead atoms. The van der Waals surface area contributed by atoms with E-state index in [4.69, 9.17) is 24.8 Å². The van der Waals surface area contributed by atoms with Crippen molar-refractivity contribution in [3.63, 3.8) is 0 Å². The molecule has 3 unspecified atom stereocenters. The number of carbonyl (C=O) groups is 1. The number of carbonyl (C=O) groups excluding carboxylic acids is 1. The Morgan fingerprint density at radius 1 is 1.20 bits per heavy atom. The van der Waals surface area contributed by atoms with Crippen molar-refractivity contribution < 1.29 is 49.4 Å². The number of fused-ring (bicyclic) bond motifs is 3. The normalized spacial score (nSPS) is 30.6. The van der Waals surface area contributed by atoms with Gasteiger partial charge >= 0.3 is 6.16 Å². The molecule has 10 nitrogen and oxygen atoms in total. The van der Waals surface area contributed by atoms with Crippen LogP contribution in [0, 0.1) is 5.92 Å². The quantitative estimate of drug-likeness (QED) is 0.249. The lowest BCUT2D eigenvalue weighted by Crippen LogP contribution is -2.75. The van der Waals surface area contributed by atoms with Gasteiger partial charge in [-0.1, -0.05) is 13.8 Å². The molecule has 1 aromatic carbocycles. The van der Waals surface area contributed by atoms with Gasteiger partial charge in [-0.15, -0.1) is 0 Å². The molecule has 0 aliphatic carbocycles. The number of ketones is 1. The highest BCUT2D eigenvalue weighted by Gasteiger charge is 2.67. The fourth-order valence-electron chi connectivity index (χ4n) is 5.11. The number of quaternary nitrogens is 1. The number of rotatable bonds is 5. The first-order valence-corrected chi connectivity index (χ1v) is 9.76. The molecular formula is C20H30NO9+. The van der Waals surface area contributed by atoms with Crippen molar-refractivity contribution >= 4 is 5.78 Å². The van der Waals surface area contributed by atoms with Gasteiger partial charge in [0.05, 0.1) is 20.7 Å². The van der Waals surface area contributed by atoms with Crippen LogP contribution in [0.4, 0.5) is 0 Å². The molecule has 1 saturated heterocycles. The van der Waals surface area contributed by atoms with Crippen molar-refractivity contribution in [2.75, 3.05) is 27.2 Å². The van der Waals surface area contributed by atoms with E-state index in [1.165, 1.54) is 19.2 Å². The van der Waals surface area contributed by atoms with Crippen molar-refractivity contribution in [1.29, 1.82) is 0 Å². The third-order valence-electron chi connectivity index (χ3n) is 5.99. The molecule has 3 rings (SSSR count). The van der Waals surface area contributed by atoms with E-state index in [0.717, 1.165) is 0 Å². The molecular weight excluding hydrogens is 398 g/mol. The summed E-state index contributed by atoms with van der Waals surface area (Å²) in [5.74, 6) is -4.09. The van der Waals surface area contributed by atoms with E-state index < -0.39 is 29.4 Å². The highest BCUT2D eigenvalue weighted by Crippen LogP contribution is 2.50. The van der Waals surface area contributed by atoms with E-state index >= 15 is 0 Å². The molecule has 6 N–H and O–H groups in total. The van der Waals surface area contributed by atoms with E-state index in [0.29, 0.717) is 24.1 Å². The molecule has 2 heterocycles. The average Bonchev–Trinajstić information content (AvgIpc) is 2.57. The molecule has 2 aliphatic heterocycles. The van der Waals surface area contributed by atoms with Crippen molar-refractivity contribution in [2.24, 2.45) is 5.92 Å². The third-order valence-corrected chi connectivity index (χ3v) is 5.99. The van der Waals surface area contributed by atoms with E-state index in [1.807, 2.05) is 13.8 Å². The van der Waals surface area contributed by atoms with Crippen LogP contribution in [-0.4, -0.2) is 85.7 Å². The highest BCUT2D eigenvalue weighted by molar-refractivity contribution is 5.94. The molecule has 0 saturated carbocycles. The maximum Gasteiger partial charge on any atom is 0.453 e. The van der Waals surface area contributed by atoms with Crippen LogP contribution in [0.2, 0.25) is 0 Å². The summed E-state index contributed by atoms with van der Waals surface area (Å²) in [5.41, 5.74) is -0.916. The molecule has 2 aliphatic rings. The van der Waals surface area contributed by atoms with Crippen LogP contribution in [0.25, 0.3) is 0 Å². The number of ether oxygens (including phenoxy) is 2. The van der Waals surface area contributed by atoms with Crippen molar-refractivity contribution in [3.8, 4) is 11.5 Å². The van der Waals surface area contributed by atoms with Gasteiger partial charge in [0.25, 0.3) is 5.79 Å². The number of piperidine rings is 1. The lowest BCUT2D eigenvalue weighted by atomic mass is 9.72. The number of nitrogens with zero attached hydrogens (tertiary/aromatic N) is 1. The number of benzene rings is 1. The number of likely N-dealkylation sites (N-methyl/N-ethyl adjacent to an activating group) is 1. The largest absolute Gasteiger partial charge is 0.493 e. The first-order chi connectivity index (χ1) is 13.6. The lowest BCUT2D eigenvalue weighted by molar-refractivity contribution is -0.959. The number of Topliss-reactive ketones (excluding diaryl/α,β-unsaturated/α-hetero) is 1. The Morgan fingerprint density at radius 3 is 2.37 bits per heavy atom. The number of aliphatic hydroxyl groups is 6. The summed E-state index contributed by atoms with van der Waals surface area (Å²) in [6, 6.07) is 1.70. The summed E-state index contributed by atoms with van der Waals surface area (Å²) in [6.45, 7) is 4.08. The molecule has 30 heavy (non-hydrogen) atoms. The van der Waals surface area contributed by atoms with Gasteiger partial charge in [-0.25, -0.2) is 0 Å². The minimum absolute atomic E-state index is 0.00464. The van der Waals surface area contributed by atoms with Crippen LogP contribution in [0.3, 0.4) is 0 Å². The summed E-state index contributed by atoms with van der Waals surface area (Å²) >= 11 is 0. The molecule has 0 amide bonds. The summed E-state index contributed by atoms with van der Waals surface area (Å²) in [7, 11) is 3.04. The Morgan fingerprint density at radius 2 is 1.83 bits per heavy atom. The second-order valence-corrected chi connectivity index (χ2v) is 9.08. The summed E-state index contributed by atoms with van der Waals surface area (Å²) in [4.78, 5) is 13.0. The monoisotopic (exact) mass is 428 g/mol. The molecule has 0 aromatic heterocycles. The molecule has 1 fully saturated rings. The Bertz CT molecular complexity index is 847. The first kappa shape index (κ1) is 22.9. The molecule has 0 spiro atoms. The zero-order chi connectivity index (χ0) is 22.7. The minimum atomic E-state index is -3.42. The lowest BCUT2D eigenvalue weighted by Gasteiger charge is -2.56. The van der Waals surface area contributed by atoms with E-state index in [1.54, 1.807) is 7.05 Å². The fraction of sp³-hybridized carbons (Fsp3) is 0.650. The van der Waals surface area contributed by atoms with Crippen molar-refractivity contribution in [3.05, 3.63) is 23.3 Å². The molecule has 168 valence electrons. The van der Waals surface area contributed by atoms with Crippen LogP contribution < -0.4 is 9.47 Å². The standard InChI is InChI=1S/C20H30NO9/c1-11(2)9-18(23)10-21(3)6-5-12-7-15(30-20(26,27)28)14(29-4)8-13(12)16(21)19(24,25)17(18)22/h7-8,11,16,23-28H,5-6,9-10H2,1-4H3/q+1. The topological polar surface area (TPSA) is 157 Å². The van der Waals surface area contributed by atoms with Gasteiger partial charge in [0.15, 0.2) is 23.1 Å². The Labute approximate surface area is 174 Å². The molecule has 1 aromatic rings. The second-order valence-electron chi connectivity index (χ2n) is 9.08.